The minimum atomic E-state index is 0.714. The zero-order valence-electron chi connectivity index (χ0n) is 10.8. The van der Waals surface area contributed by atoms with Crippen molar-refractivity contribution in [3.8, 4) is 6.07 Å². The Bertz CT molecular complexity index is 421. The van der Waals surface area contributed by atoms with Crippen molar-refractivity contribution in [2.45, 2.75) is 0 Å². The number of nitriles is 1. The van der Waals surface area contributed by atoms with Gasteiger partial charge in [0.15, 0.2) is 0 Å². The monoisotopic (exact) mass is 245 g/mol. The molecule has 1 aromatic carbocycles. The molecule has 96 valence electrons. The molecule has 0 N–H and O–H groups in total. The van der Waals surface area contributed by atoms with Gasteiger partial charge in [0.05, 0.1) is 24.8 Å². The van der Waals surface area contributed by atoms with Crippen molar-refractivity contribution < 1.29 is 4.74 Å². The van der Waals surface area contributed by atoms with Crippen LogP contribution in [0, 0.1) is 11.3 Å². The number of nitrogens with zero attached hydrogens (tertiary/aromatic N) is 3. The van der Waals surface area contributed by atoms with Crippen LogP contribution < -0.4 is 4.90 Å². The number of rotatable bonds is 4. The Morgan fingerprint density at radius 3 is 2.89 bits per heavy atom. The lowest BCUT2D eigenvalue weighted by molar-refractivity contribution is 0.0393. The van der Waals surface area contributed by atoms with E-state index in [1.807, 2.05) is 24.3 Å². The second-order valence-electron chi connectivity index (χ2n) is 4.54. The van der Waals surface area contributed by atoms with Crippen LogP contribution in [-0.2, 0) is 4.74 Å². The average molecular weight is 245 g/mol. The predicted octanol–water partition coefficient (Wildman–Crippen LogP) is 1.33. The quantitative estimate of drug-likeness (QED) is 0.802. The van der Waals surface area contributed by atoms with Gasteiger partial charge in [0.2, 0.25) is 0 Å². The van der Waals surface area contributed by atoms with Gasteiger partial charge in [-0.15, -0.1) is 0 Å². The van der Waals surface area contributed by atoms with E-state index in [9.17, 15) is 0 Å². The van der Waals surface area contributed by atoms with E-state index in [1.54, 1.807) is 0 Å². The number of hydrogen-bond donors (Lipinski definition) is 0. The standard InChI is InChI=1S/C14H19N3O/c1-16(5-6-17-7-9-18-10-8-17)14-4-2-3-13(11-14)12-15/h2-4,11H,5-10H2,1H3. The molecule has 0 unspecified atom stereocenters. The molecule has 0 saturated carbocycles. The highest BCUT2D eigenvalue weighted by Crippen LogP contribution is 2.14. The Morgan fingerprint density at radius 2 is 2.17 bits per heavy atom. The van der Waals surface area contributed by atoms with Gasteiger partial charge >= 0.3 is 0 Å². The third-order valence-corrected chi connectivity index (χ3v) is 3.27. The third kappa shape index (κ3) is 3.46. The fourth-order valence-electron chi connectivity index (χ4n) is 2.06. The maximum Gasteiger partial charge on any atom is 0.0992 e. The second-order valence-corrected chi connectivity index (χ2v) is 4.54. The zero-order valence-corrected chi connectivity index (χ0v) is 10.8. The van der Waals surface area contributed by atoms with Crippen molar-refractivity contribution in [3.05, 3.63) is 29.8 Å². The van der Waals surface area contributed by atoms with E-state index in [2.05, 4.69) is 22.9 Å². The predicted molar refractivity (Wildman–Crippen MR) is 71.7 cm³/mol. The summed E-state index contributed by atoms with van der Waals surface area (Å²) in [5, 5.41) is 8.89. The van der Waals surface area contributed by atoms with Crippen LogP contribution in [0.15, 0.2) is 24.3 Å². The molecule has 18 heavy (non-hydrogen) atoms. The van der Waals surface area contributed by atoms with Gasteiger partial charge in [0.1, 0.15) is 0 Å². The Kier molecular flexibility index (Phi) is 4.57. The molecule has 0 bridgehead atoms. The summed E-state index contributed by atoms with van der Waals surface area (Å²) in [6.07, 6.45) is 0. The fourth-order valence-corrected chi connectivity index (χ4v) is 2.06. The maximum absolute atomic E-state index is 8.89. The Balaban J connectivity index is 1.86. The van der Waals surface area contributed by atoms with Gasteiger partial charge in [0.25, 0.3) is 0 Å². The molecule has 2 rings (SSSR count). The van der Waals surface area contributed by atoms with Crippen LogP contribution in [0.4, 0.5) is 5.69 Å². The lowest BCUT2D eigenvalue weighted by atomic mass is 10.2. The summed E-state index contributed by atoms with van der Waals surface area (Å²) in [6.45, 7) is 5.73. The van der Waals surface area contributed by atoms with Crippen LogP contribution in [0.1, 0.15) is 5.56 Å². The summed E-state index contributed by atoms with van der Waals surface area (Å²) >= 11 is 0. The molecule has 1 aliphatic rings. The molecule has 4 heteroatoms. The third-order valence-electron chi connectivity index (χ3n) is 3.27. The summed E-state index contributed by atoms with van der Waals surface area (Å²) in [4.78, 5) is 4.60. The first-order valence-corrected chi connectivity index (χ1v) is 6.31. The molecule has 1 fully saturated rings. The fraction of sp³-hybridized carbons (Fsp3) is 0.500. The molecule has 0 atom stereocenters. The average Bonchev–Trinajstić information content (AvgIpc) is 2.46. The molecular weight excluding hydrogens is 226 g/mol. The number of benzene rings is 1. The molecule has 4 nitrogen and oxygen atoms in total. The first-order chi connectivity index (χ1) is 8.79. The molecule has 0 amide bonds. The van der Waals surface area contributed by atoms with E-state index >= 15 is 0 Å². The van der Waals surface area contributed by atoms with Gasteiger partial charge < -0.3 is 9.64 Å². The SMILES string of the molecule is CN(CCN1CCOCC1)c1cccc(C#N)c1. The highest BCUT2D eigenvalue weighted by atomic mass is 16.5. The van der Waals surface area contributed by atoms with Crippen LogP contribution in [0.2, 0.25) is 0 Å². The lowest BCUT2D eigenvalue weighted by Crippen LogP contribution is -2.40. The largest absolute Gasteiger partial charge is 0.379 e. The Morgan fingerprint density at radius 1 is 1.39 bits per heavy atom. The van der Waals surface area contributed by atoms with Crippen molar-refractivity contribution >= 4 is 5.69 Å². The van der Waals surface area contributed by atoms with Crippen molar-refractivity contribution in [3.63, 3.8) is 0 Å². The highest BCUT2D eigenvalue weighted by Gasteiger charge is 2.11. The van der Waals surface area contributed by atoms with Gasteiger partial charge in [-0.3, -0.25) is 4.90 Å². The van der Waals surface area contributed by atoms with E-state index in [0.717, 1.165) is 45.1 Å². The molecule has 1 heterocycles. The van der Waals surface area contributed by atoms with Crippen LogP contribution >= 0.6 is 0 Å². The highest BCUT2D eigenvalue weighted by molar-refractivity contribution is 5.50. The van der Waals surface area contributed by atoms with Crippen molar-refractivity contribution in [2.75, 3.05) is 51.3 Å². The second kappa shape index (κ2) is 6.39. The number of anilines is 1. The van der Waals surface area contributed by atoms with Gasteiger partial charge in [-0.25, -0.2) is 0 Å². The number of ether oxygens (including phenoxy) is 1. The zero-order chi connectivity index (χ0) is 12.8. The number of hydrogen-bond acceptors (Lipinski definition) is 4. The molecule has 0 spiro atoms. The van der Waals surface area contributed by atoms with Crippen molar-refractivity contribution in [2.24, 2.45) is 0 Å². The first kappa shape index (κ1) is 12.9. The minimum Gasteiger partial charge on any atom is -0.379 e. The summed E-state index contributed by atoms with van der Waals surface area (Å²) in [5.74, 6) is 0. The van der Waals surface area contributed by atoms with Gasteiger partial charge in [-0.05, 0) is 18.2 Å². The van der Waals surface area contributed by atoms with E-state index < -0.39 is 0 Å². The van der Waals surface area contributed by atoms with Crippen LogP contribution in [0.3, 0.4) is 0 Å². The summed E-state index contributed by atoms with van der Waals surface area (Å²) in [7, 11) is 2.07. The summed E-state index contributed by atoms with van der Waals surface area (Å²) in [5.41, 5.74) is 1.81. The smallest absolute Gasteiger partial charge is 0.0992 e. The van der Waals surface area contributed by atoms with E-state index in [-0.39, 0.29) is 0 Å². The van der Waals surface area contributed by atoms with E-state index in [1.165, 1.54) is 0 Å². The van der Waals surface area contributed by atoms with Gasteiger partial charge in [-0.2, -0.15) is 5.26 Å². The van der Waals surface area contributed by atoms with E-state index in [0.29, 0.717) is 5.56 Å². The van der Waals surface area contributed by atoms with Gasteiger partial charge in [-0.1, -0.05) is 6.07 Å². The molecule has 0 radical (unpaired) electrons. The topological polar surface area (TPSA) is 39.5 Å². The Labute approximate surface area is 108 Å². The molecule has 0 aromatic heterocycles. The first-order valence-electron chi connectivity index (χ1n) is 6.31. The number of likely N-dealkylation sites (N-methyl/N-ethyl adjacent to an activating group) is 1. The van der Waals surface area contributed by atoms with Crippen LogP contribution in [0.5, 0.6) is 0 Å². The molecule has 1 aliphatic heterocycles. The lowest BCUT2D eigenvalue weighted by Gasteiger charge is -2.29. The van der Waals surface area contributed by atoms with Crippen molar-refractivity contribution in [1.29, 1.82) is 5.26 Å². The molecule has 0 aliphatic carbocycles. The van der Waals surface area contributed by atoms with Crippen molar-refractivity contribution in [1.82, 2.24) is 4.90 Å². The van der Waals surface area contributed by atoms with Crippen LogP contribution in [0.25, 0.3) is 0 Å². The van der Waals surface area contributed by atoms with Gasteiger partial charge in [0, 0.05) is 38.9 Å². The normalized spacial score (nSPS) is 16.2. The van der Waals surface area contributed by atoms with E-state index in [4.69, 9.17) is 10.00 Å². The molecule has 1 saturated heterocycles. The maximum atomic E-state index is 8.89. The minimum absolute atomic E-state index is 0.714. The number of morpholine rings is 1. The summed E-state index contributed by atoms with van der Waals surface area (Å²) < 4.78 is 5.33. The molecule has 1 aromatic rings. The van der Waals surface area contributed by atoms with Crippen LogP contribution in [-0.4, -0.2) is 51.3 Å². The Hall–Kier alpha value is -1.57. The summed E-state index contributed by atoms with van der Waals surface area (Å²) in [6, 6.07) is 9.91. The molecular formula is C14H19N3O.